The molecule has 4 rings (SSSR count). The normalized spacial score (nSPS) is 15.5. The first-order chi connectivity index (χ1) is 25.0. The molecule has 2 aliphatic heterocycles. The zero-order chi connectivity index (χ0) is 37.6. The standard InChI is InChI=1S/C34H38N6O8S4/c1-47-23-15-9-7-13-21(23)29(43)37-35-25(41)17-5-3-11-19-39-31(45)27(51-33(39)49)28-32(46)40(34(50)52-28)20-12-4-6-18-26(42)36-38-30(44)22-14-8-10-16-24(22)48-2/h7-10,13-16H,3-6,11-12,17-20H2,1-2H3,(H,35,41)(H,36,42)(H,37,43)(H,38,44). The van der Waals surface area contributed by atoms with E-state index in [1.54, 1.807) is 48.5 Å². The number of nitrogens with one attached hydrogen (secondary N) is 4. The number of methoxy groups -OCH3 is 2. The Morgan fingerprint density at radius 1 is 0.596 bits per heavy atom. The van der Waals surface area contributed by atoms with Gasteiger partial charge in [-0.2, -0.15) is 0 Å². The van der Waals surface area contributed by atoms with Crippen molar-refractivity contribution in [3.63, 3.8) is 0 Å². The summed E-state index contributed by atoms with van der Waals surface area (Å²) in [6.07, 6.45) is 3.79. The van der Waals surface area contributed by atoms with E-state index in [1.807, 2.05) is 0 Å². The van der Waals surface area contributed by atoms with Crippen molar-refractivity contribution in [3.8, 4) is 11.5 Å². The second-order valence-electron chi connectivity index (χ2n) is 11.3. The minimum Gasteiger partial charge on any atom is -0.496 e. The van der Waals surface area contributed by atoms with Gasteiger partial charge in [-0.1, -0.05) is 85.1 Å². The summed E-state index contributed by atoms with van der Waals surface area (Å²) in [6, 6.07) is 13.3. The third-order valence-electron chi connectivity index (χ3n) is 7.81. The molecule has 2 saturated heterocycles. The fraction of sp³-hybridized carbons (Fsp3) is 0.353. The number of rotatable bonds is 16. The number of hydrogen-bond acceptors (Lipinski definition) is 12. The summed E-state index contributed by atoms with van der Waals surface area (Å²) in [5, 5.41) is 0. The lowest BCUT2D eigenvalue weighted by atomic mass is 10.2. The molecule has 0 aromatic heterocycles. The predicted molar refractivity (Wildman–Crippen MR) is 205 cm³/mol. The monoisotopic (exact) mass is 786 g/mol. The number of benzene rings is 2. The van der Waals surface area contributed by atoms with Crippen LogP contribution in [0.5, 0.6) is 11.5 Å². The highest BCUT2D eigenvalue weighted by molar-refractivity contribution is 8.29. The molecule has 0 aliphatic carbocycles. The van der Waals surface area contributed by atoms with Gasteiger partial charge in [-0.15, -0.1) is 0 Å². The number of carbonyl (C=O) groups excluding carboxylic acids is 6. The number of thiocarbonyl (C=S) groups is 2. The second kappa shape index (κ2) is 19.9. The van der Waals surface area contributed by atoms with E-state index in [-0.39, 0.29) is 46.3 Å². The first-order valence-electron chi connectivity index (χ1n) is 16.3. The van der Waals surface area contributed by atoms with Gasteiger partial charge in [0.2, 0.25) is 11.8 Å². The molecule has 0 atom stereocenters. The Hall–Kier alpha value is -4.52. The molecule has 6 amide bonds. The number of carbonyl (C=O) groups is 6. The molecule has 0 spiro atoms. The van der Waals surface area contributed by atoms with Crippen LogP contribution in [0.25, 0.3) is 0 Å². The van der Waals surface area contributed by atoms with Gasteiger partial charge in [-0.25, -0.2) is 0 Å². The molecule has 2 heterocycles. The highest BCUT2D eigenvalue weighted by Crippen LogP contribution is 2.42. The average Bonchev–Trinajstić information content (AvgIpc) is 3.60. The van der Waals surface area contributed by atoms with Crippen molar-refractivity contribution in [2.75, 3.05) is 27.3 Å². The van der Waals surface area contributed by atoms with Gasteiger partial charge in [-0.3, -0.25) is 60.3 Å². The minimum absolute atomic E-state index is 0.170. The van der Waals surface area contributed by atoms with Crippen LogP contribution in [-0.2, 0) is 19.2 Å². The van der Waals surface area contributed by atoms with Crippen molar-refractivity contribution in [2.24, 2.45) is 0 Å². The summed E-state index contributed by atoms with van der Waals surface area (Å²) >= 11 is 13.0. The fourth-order valence-corrected chi connectivity index (χ4v) is 7.87. The third kappa shape index (κ3) is 10.8. The molecule has 2 fully saturated rings. The quantitative estimate of drug-likeness (QED) is 0.0836. The Labute approximate surface area is 320 Å². The number of hydrogen-bond donors (Lipinski definition) is 4. The minimum atomic E-state index is -0.496. The molecule has 2 aliphatic rings. The van der Waals surface area contributed by atoms with E-state index in [1.165, 1.54) is 24.0 Å². The summed E-state index contributed by atoms with van der Waals surface area (Å²) in [5.74, 6) is -1.63. The predicted octanol–water partition coefficient (Wildman–Crippen LogP) is 3.98. The number of hydrazine groups is 2. The Bertz CT molecular complexity index is 1640. The second-order valence-corrected chi connectivity index (χ2v) is 14.6. The maximum atomic E-state index is 13.3. The maximum absolute atomic E-state index is 13.3. The number of amides is 6. The highest BCUT2D eigenvalue weighted by Gasteiger charge is 2.41. The molecule has 4 N–H and O–H groups in total. The van der Waals surface area contributed by atoms with Gasteiger partial charge in [0.05, 0.1) is 35.2 Å². The van der Waals surface area contributed by atoms with Crippen LogP contribution in [0.4, 0.5) is 0 Å². The molecule has 0 radical (unpaired) electrons. The molecule has 2 aromatic carbocycles. The van der Waals surface area contributed by atoms with Gasteiger partial charge >= 0.3 is 0 Å². The Morgan fingerprint density at radius 3 is 1.37 bits per heavy atom. The maximum Gasteiger partial charge on any atom is 0.273 e. The van der Waals surface area contributed by atoms with Crippen LogP contribution >= 0.6 is 48.0 Å². The average molecular weight is 787 g/mol. The fourth-order valence-electron chi connectivity index (χ4n) is 5.10. The SMILES string of the molecule is COc1ccccc1C(=O)NNC(=O)CCCCCN1C(=O)C(=C2SC(=S)N(CCCCCC(=O)NNC(=O)c3ccccc3OC)C2=O)SC1=S. The summed E-state index contributed by atoms with van der Waals surface area (Å²) < 4.78 is 11.0. The summed E-state index contributed by atoms with van der Waals surface area (Å²) in [5.41, 5.74) is 10.1. The van der Waals surface area contributed by atoms with E-state index in [0.29, 0.717) is 82.9 Å². The van der Waals surface area contributed by atoms with Crippen LogP contribution in [0.2, 0.25) is 0 Å². The van der Waals surface area contributed by atoms with E-state index >= 15 is 0 Å². The number of thioether (sulfide) groups is 2. The highest BCUT2D eigenvalue weighted by atomic mass is 32.2. The molecule has 0 unspecified atom stereocenters. The smallest absolute Gasteiger partial charge is 0.273 e. The molecule has 276 valence electrons. The zero-order valence-corrected chi connectivity index (χ0v) is 31.7. The van der Waals surface area contributed by atoms with Crippen molar-refractivity contribution < 1.29 is 38.2 Å². The van der Waals surface area contributed by atoms with Crippen molar-refractivity contribution in [1.29, 1.82) is 0 Å². The van der Waals surface area contributed by atoms with Crippen LogP contribution in [0.3, 0.4) is 0 Å². The van der Waals surface area contributed by atoms with Gasteiger partial charge in [0, 0.05) is 25.9 Å². The number of unbranched alkanes of at least 4 members (excludes halogenated alkanes) is 4. The lowest BCUT2D eigenvalue weighted by Gasteiger charge is -2.15. The number of para-hydroxylation sites is 2. The van der Waals surface area contributed by atoms with Gasteiger partial charge in [-0.05, 0) is 49.9 Å². The first kappa shape index (κ1) is 40.3. The van der Waals surface area contributed by atoms with Crippen LogP contribution in [-0.4, -0.2) is 81.2 Å². The Balaban J connectivity index is 1.13. The molecule has 14 nitrogen and oxygen atoms in total. The molecular formula is C34H38N6O8S4. The molecule has 0 bridgehead atoms. The van der Waals surface area contributed by atoms with E-state index in [4.69, 9.17) is 33.9 Å². The molecule has 18 heteroatoms. The Morgan fingerprint density at radius 2 is 0.981 bits per heavy atom. The zero-order valence-electron chi connectivity index (χ0n) is 28.5. The lowest BCUT2D eigenvalue weighted by molar-refractivity contribution is -0.124. The van der Waals surface area contributed by atoms with Crippen molar-refractivity contribution in [3.05, 3.63) is 69.5 Å². The van der Waals surface area contributed by atoms with Gasteiger partial charge in [0.15, 0.2) is 0 Å². The van der Waals surface area contributed by atoms with Crippen molar-refractivity contribution in [2.45, 2.75) is 51.4 Å². The number of nitrogens with zero attached hydrogens (tertiary/aromatic N) is 2. The molecule has 2 aromatic rings. The van der Waals surface area contributed by atoms with Crippen molar-refractivity contribution in [1.82, 2.24) is 31.5 Å². The summed E-state index contributed by atoms with van der Waals surface area (Å²) in [6.45, 7) is 0.663. The van der Waals surface area contributed by atoms with E-state index in [9.17, 15) is 28.8 Å². The molecular weight excluding hydrogens is 749 g/mol. The van der Waals surface area contributed by atoms with E-state index in [0.717, 1.165) is 23.5 Å². The van der Waals surface area contributed by atoms with E-state index in [2.05, 4.69) is 21.7 Å². The first-order valence-corrected chi connectivity index (χ1v) is 18.8. The van der Waals surface area contributed by atoms with Gasteiger partial charge < -0.3 is 9.47 Å². The summed E-state index contributed by atoms with van der Waals surface area (Å²) in [4.78, 5) is 79.1. The largest absolute Gasteiger partial charge is 0.496 e. The Kier molecular flexibility index (Phi) is 15.4. The summed E-state index contributed by atoms with van der Waals surface area (Å²) in [7, 11) is 2.91. The van der Waals surface area contributed by atoms with Crippen LogP contribution < -0.4 is 31.2 Å². The third-order valence-corrected chi connectivity index (χ3v) is 10.8. The number of ether oxygens (including phenoxy) is 2. The van der Waals surface area contributed by atoms with Crippen LogP contribution in [0.15, 0.2) is 58.3 Å². The van der Waals surface area contributed by atoms with Crippen LogP contribution in [0, 0.1) is 0 Å². The van der Waals surface area contributed by atoms with Crippen molar-refractivity contribution >= 4 is 92.0 Å². The lowest BCUT2D eigenvalue weighted by Crippen LogP contribution is -2.41. The molecule has 0 saturated carbocycles. The van der Waals surface area contributed by atoms with Crippen LogP contribution in [0.1, 0.15) is 72.1 Å². The van der Waals surface area contributed by atoms with E-state index < -0.39 is 11.8 Å². The van der Waals surface area contributed by atoms with Gasteiger partial charge in [0.25, 0.3) is 23.6 Å². The molecule has 52 heavy (non-hydrogen) atoms. The van der Waals surface area contributed by atoms with Gasteiger partial charge in [0.1, 0.15) is 20.1 Å². The topological polar surface area (TPSA) is 175 Å².